The van der Waals surface area contributed by atoms with Gasteiger partial charge in [-0.05, 0) is 17.8 Å². The maximum absolute atomic E-state index is 12.5. The summed E-state index contributed by atoms with van der Waals surface area (Å²) >= 11 is 0. The summed E-state index contributed by atoms with van der Waals surface area (Å²) in [6, 6.07) is -0.655. The molecule has 6 nitrogen and oxygen atoms in total. The first-order valence-electron chi connectivity index (χ1n) is 7.61. The molecule has 0 aliphatic rings. The van der Waals surface area contributed by atoms with Crippen LogP contribution in [0.5, 0.6) is 0 Å². The second-order valence-electron chi connectivity index (χ2n) is 7.03. The van der Waals surface area contributed by atoms with Crippen molar-refractivity contribution in [3.8, 4) is 0 Å². The third-order valence-corrected chi connectivity index (χ3v) is 3.43. The molecule has 0 heterocycles. The molecule has 0 radical (unpaired) electrons. The van der Waals surface area contributed by atoms with Crippen LogP contribution >= 0.6 is 0 Å². The van der Waals surface area contributed by atoms with E-state index in [4.69, 9.17) is 0 Å². The molecule has 2 amide bonds. The number of nitrogens with one attached hydrogen (secondary N) is 2. The Morgan fingerprint density at radius 2 is 1.64 bits per heavy atom. The van der Waals surface area contributed by atoms with Crippen LogP contribution in [0.2, 0.25) is 0 Å². The number of hydrogen-bond acceptors (Lipinski definition) is 4. The Morgan fingerprint density at radius 1 is 1.09 bits per heavy atom. The number of ether oxygens (including phenoxy) is 1. The number of carbonyl (C=O) groups is 3. The topological polar surface area (TPSA) is 84.5 Å². The van der Waals surface area contributed by atoms with E-state index in [1.54, 1.807) is 0 Å². The molecule has 0 aromatic heterocycles. The van der Waals surface area contributed by atoms with Gasteiger partial charge in [-0.3, -0.25) is 14.4 Å². The molecule has 0 aromatic carbocycles. The van der Waals surface area contributed by atoms with Gasteiger partial charge < -0.3 is 15.4 Å². The maximum atomic E-state index is 12.5. The van der Waals surface area contributed by atoms with Crippen molar-refractivity contribution < 1.29 is 19.1 Å². The molecule has 0 spiro atoms. The number of carbonyl (C=O) groups excluding carboxylic acids is 3. The van der Waals surface area contributed by atoms with E-state index < -0.39 is 23.3 Å². The number of amides is 2. The summed E-state index contributed by atoms with van der Waals surface area (Å²) in [4.78, 5) is 36.0. The van der Waals surface area contributed by atoms with E-state index in [-0.39, 0.29) is 24.2 Å². The van der Waals surface area contributed by atoms with Crippen molar-refractivity contribution in [2.75, 3.05) is 14.2 Å². The first kappa shape index (κ1) is 20.4. The van der Waals surface area contributed by atoms with Crippen LogP contribution in [0.15, 0.2) is 0 Å². The van der Waals surface area contributed by atoms with Gasteiger partial charge in [0.25, 0.3) is 0 Å². The summed E-state index contributed by atoms with van der Waals surface area (Å²) in [6.07, 6.45) is 0.580. The molecule has 0 aromatic rings. The predicted octanol–water partition coefficient (Wildman–Crippen LogP) is 1.49. The van der Waals surface area contributed by atoms with Gasteiger partial charge in [-0.15, -0.1) is 0 Å². The average molecular weight is 314 g/mol. The van der Waals surface area contributed by atoms with Gasteiger partial charge in [-0.1, -0.05) is 34.6 Å². The van der Waals surface area contributed by atoms with Crippen molar-refractivity contribution in [1.82, 2.24) is 10.6 Å². The molecule has 2 N–H and O–H groups in total. The van der Waals surface area contributed by atoms with Gasteiger partial charge >= 0.3 is 5.97 Å². The highest BCUT2D eigenvalue weighted by Gasteiger charge is 2.34. The predicted molar refractivity (Wildman–Crippen MR) is 85.0 cm³/mol. The largest absolute Gasteiger partial charge is 0.469 e. The van der Waals surface area contributed by atoms with Crippen LogP contribution in [0.1, 0.15) is 47.5 Å². The summed E-state index contributed by atoms with van der Waals surface area (Å²) in [5, 5.41) is 5.35. The minimum absolute atomic E-state index is 0.0190. The van der Waals surface area contributed by atoms with Gasteiger partial charge in [0.05, 0.1) is 13.5 Å². The Bertz CT molecular complexity index is 399. The molecule has 0 fully saturated rings. The van der Waals surface area contributed by atoms with Crippen molar-refractivity contribution >= 4 is 17.8 Å². The highest BCUT2D eigenvalue weighted by molar-refractivity contribution is 5.90. The summed E-state index contributed by atoms with van der Waals surface area (Å²) < 4.78 is 4.66. The molecule has 0 rings (SSSR count). The van der Waals surface area contributed by atoms with Crippen molar-refractivity contribution in [3.05, 3.63) is 0 Å². The van der Waals surface area contributed by atoms with Gasteiger partial charge in [0.1, 0.15) is 6.04 Å². The zero-order chi connectivity index (χ0) is 17.5. The van der Waals surface area contributed by atoms with Crippen LogP contribution < -0.4 is 10.6 Å². The SMILES string of the molecule is CNC(=O)C(NC(=O)C(CC(=O)OC)CC(C)C)C(C)(C)C. The highest BCUT2D eigenvalue weighted by atomic mass is 16.5. The van der Waals surface area contributed by atoms with Crippen molar-refractivity contribution in [2.24, 2.45) is 17.3 Å². The average Bonchev–Trinajstić information content (AvgIpc) is 2.40. The second kappa shape index (κ2) is 8.76. The van der Waals surface area contributed by atoms with Crippen molar-refractivity contribution in [2.45, 2.75) is 53.5 Å². The lowest BCUT2D eigenvalue weighted by Crippen LogP contribution is -2.54. The fourth-order valence-corrected chi connectivity index (χ4v) is 2.22. The molecule has 22 heavy (non-hydrogen) atoms. The van der Waals surface area contributed by atoms with Crippen LogP contribution in [-0.4, -0.2) is 38.0 Å². The molecule has 0 bridgehead atoms. The molecule has 0 aliphatic carbocycles. The summed E-state index contributed by atoms with van der Waals surface area (Å²) in [5.41, 5.74) is -0.427. The normalized spacial score (nSPS) is 14.2. The summed E-state index contributed by atoms with van der Waals surface area (Å²) in [6.45, 7) is 9.61. The third kappa shape index (κ3) is 6.91. The molecule has 0 saturated carbocycles. The Hall–Kier alpha value is -1.59. The first-order chi connectivity index (χ1) is 10.0. The molecule has 2 unspecified atom stereocenters. The van der Waals surface area contributed by atoms with E-state index in [0.29, 0.717) is 6.42 Å². The van der Waals surface area contributed by atoms with Crippen LogP contribution in [0.3, 0.4) is 0 Å². The fourth-order valence-electron chi connectivity index (χ4n) is 2.22. The minimum atomic E-state index is -0.655. The smallest absolute Gasteiger partial charge is 0.306 e. The monoisotopic (exact) mass is 314 g/mol. The van der Waals surface area contributed by atoms with Crippen LogP contribution in [-0.2, 0) is 19.1 Å². The number of likely N-dealkylation sites (N-methyl/N-ethyl adjacent to an activating group) is 1. The molecule has 6 heteroatoms. The van der Waals surface area contributed by atoms with Crippen LogP contribution in [0.25, 0.3) is 0 Å². The first-order valence-corrected chi connectivity index (χ1v) is 7.61. The Kier molecular flexibility index (Phi) is 8.12. The van der Waals surface area contributed by atoms with E-state index in [9.17, 15) is 14.4 Å². The maximum Gasteiger partial charge on any atom is 0.306 e. The molecule has 0 saturated heterocycles. The molecular weight excluding hydrogens is 284 g/mol. The number of hydrogen-bond donors (Lipinski definition) is 2. The third-order valence-electron chi connectivity index (χ3n) is 3.43. The Labute approximate surface area is 133 Å². The standard InChI is InChI=1S/C16H30N2O4/c1-10(2)8-11(9-12(19)22-7)14(20)18-13(15(21)17-6)16(3,4)5/h10-11,13H,8-9H2,1-7H3,(H,17,21)(H,18,20). The number of methoxy groups -OCH3 is 1. The van der Waals surface area contributed by atoms with E-state index in [1.807, 2.05) is 34.6 Å². The minimum Gasteiger partial charge on any atom is -0.469 e. The van der Waals surface area contributed by atoms with Crippen LogP contribution in [0, 0.1) is 17.3 Å². The van der Waals surface area contributed by atoms with E-state index in [2.05, 4.69) is 15.4 Å². The van der Waals surface area contributed by atoms with Gasteiger partial charge in [0.2, 0.25) is 11.8 Å². The number of esters is 1. The molecule has 0 aliphatic heterocycles. The molecular formula is C16H30N2O4. The molecule has 128 valence electrons. The van der Waals surface area contributed by atoms with E-state index in [0.717, 1.165) is 0 Å². The van der Waals surface area contributed by atoms with Crippen molar-refractivity contribution in [3.63, 3.8) is 0 Å². The Balaban J connectivity index is 5.11. The zero-order valence-electron chi connectivity index (χ0n) is 14.8. The lowest BCUT2D eigenvalue weighted by molar-refractivity contribution is -0.145. The lowest BCUT2D eigenvalue weighted by atomic mass is 9.85. The van der Waals surface area contributed by atoms with Gasteiger partial charge in [-0.2, -0.15) is 0 Å². The van der Waals surface area contributed by atoms with E-state index in [1.165, 1.54) is 14.2 Å². The summed E-state index contributed by atoms with van der Waals surface area (Å²) in [7, 11) is 2.84. The molecule has 2 atom stereocenters. The van der Waals surface area contributed by atoms with Crippen molar-refractivity contribution in [1.29, 1.82) is 0 Å². The van der Waals surface area contributed by atoms with Gasteiger partial charge in [0, 0.05) is 13.0 Å². The summed E-state index contributed by atoms with van der Waals surface area (Å²) in [5.74, 6) is -1.20. The van der Waals surface area contributed by atoms with Gasteiger partial charge in [0.15, 0.2) is 0 Å². The van der Waals surface area contributed by atoms with Gasteiger partial charge in [-0.25, -0.2) is 0 Å². The second-order valence-corrected chi connectivity index (χ2v) is 7.03. The lowest BCUT2D eigenvalue weighted by Gasteiger charge is -2.31. The Morgan fingerprint density at radius 3 is 2.00 bits per heavy atom. The number of rotatable bonds is 7. The zero-order valence-corrected chi connectivity index (χ0v) is 14.8. The van der Waals surface area contributed by atoms with E-state index >= 15 is 0 Å². The highest BCUT2D eigenvalue weighted by Crippen LogP contribution is 2.22. The van der Waals surface area contributed by atoms with Crippen LogP contribution in [0.4, 0.5) is 0 Å². The quantitative estimate of drug-likeness (QED) is 0.697. The fraction of sp³-hybridized carbons (Fsp3) is 0.812.